The van der Waals surface area contributed by atoms with Crippen molar-refractivity contribution in [2.45, 2.75) is 24.9 Å². The zero-order valence-electron chi connectivity index (χ0n) is 15.9. The Morgan fingerprint density at radius 2 is 1.77 bits per heavy atom. The summed E-state index contributed by atoms with van der Waals surface area (Å²) >= 11 is 0. The number of H-pyrrole nitrogens is 1. The van der Waals surface area contributed by atoms with Crippen molar-refractivity contribution in [3.8, 4) is 11.3 Å². The maximum absolute atomic E-state index is 13.1. The molecule has 1 aliphatic rings. The van der Waals surface area contributed by atoms with Gasteiger partial charge in [-0.2, -0.15) is 18.3 Å². The molecule has 1 fully saturated rings. The van der Waals surface area contributed by atoms with Crippen molar-refractivity contribution < 1.29 is 22.4 Å². The lowest BCUT2D eigenvalue weighted by atomic mass is 9.93. The summed E-state index contributed by atoms with van der Waals surface area (Å²) in [6, 6.07) is 12.2. The highest BCUT2D eigenvalue weighted by atomic mass is 19.4. The van der Waals surface area contributed by atoms with Gasteiger partial charge in [0.1, 0.15) is 5.82 Å². The summed E-state index contributed by atoms with van der Waals surface area (Å²) in [5, 5.41) is 7.30. The number of piperidine rings is 1. The van der Waals surface area contributed by atoms with E-state index in [1.165, 1.54) is 24.3 Å². The fraction of sp³-hybridized carbons (Fsp3) is 0.273. The minimum Gasteiger partial charge on any atom is -0.338 e. The van der Waals surface area contributed by atoms with Gasteiger partial charge in [-0.05, 0) is 67.4 Å². The summed E-state index contributed by atoms with van der Waals surface area (Å²) in [7, 11) is 0. The topological polar surface area (TPSA) is 49.0 Å². The molecule has 1 amide bonds. The van der Waals surface area contributed by atoms with Crippen LogP contribution in [0.15, 0.2) is 54.6 Å². The van der Waals surface area contributed by atoms with Crippen LogP contribution in [0.2, 0.25) is 0 Å². The normalized spacial score (nSPS) is 17.2. The third-order valence-electron chi connectivity index (χ3n) is 5.35. The first-order valence-electron chi connectivity index (χ1n) is 9.59. The minimum atomic E-state index is -4.43. The van der Waals surface area contributed by atoms with E-state index < -0.39 is 11.7 Å². The minimum absolute atomic E-state index is 0.0406. The van der Waals surface area contributed by atoms with Gasteiger partial charge in [0.25, 0.3) is 5.91 Å². The highest BCUT2D eigenvalue weighted by molar-refractivity contribution is 5.94. The number of nitrogens with zero attached hydrogens (tertiary/aromatic N) is 2. The molecule has 1 saturated heterocycles. The Hall–Kier alpha value is -3.16. The summed E-state index contributed by atoms with van der Waals surface area (Å²) < 4.78 is 51.3. The van der Waals surface area contributed by atoms with E-state index in [9.17, 15) is 22.4 Å². The number of rotatable bonds is 3. The maximum atomic E-state index is 13.1. The number of hydrogen-bond donors (Lipinski definition) is 1. The first-order chi connectivity index (χ1) is 14.3. The Kier molecular flexibility index (Phi) is 5.32. The van der Waals surface area contributed by atoms with Gasteiger partial charge in [0.05, 0.1) is 11.3 Å². The Morgan fingerprint density at radius 1 is 1.07 bits per heavy atom. The van der Waals surface area contributed by atoms with Crippen LogP contribution in [0.3, 0.4) is 0 Å². The summed E-state index contributed by atoms with van der Waals surface area (Å²) in [5.41, 5.74) is 1.81. The van der Waals surface area contributed by atoms with E-state index in [1.54, 1.807) is 17.0 Å². The molecule has 2 heterocycles. The molecule has 4 nitrogen and oxygen atoms in total. The van der Waals surface area contributed by atoms with Gasteiger partial charge in [-0.15, -0.1) is 0 Å². The fourth-order valence-corrected chi connectivity index (χ4v) is 3.71. The summed E-state index contributed by atoms with van der Waals surface area (Å²) in [5.74, 6) is -0.565. The smallest absolute Gasteiger partial charge is 0.338 e. The van der Waals surface area contributed by atoms with Crippen LogP contribution in [-0.4, -0.2) is 34.1 Å². The summed E-state index contributed by atoms with van der Waals surface area (Å²) in [4.78, 5) is 14.4. The van der Waals surface area contributed by atoms with E-state index in [4.69, 9.17) is 0 Å². The average Bonchev–Trinajstić information content (AvgIpc) is 3.24. The van der Waals surface area contributed by atoms with Crippen LogP contribution in [0, 0.1) is 5.82 Å². The summed E-state index contributed by atoms with van der Waals surface area (Å²) in [6.07, 6.45) is -2.79. The lowest BCUT2D eigenvalue weighted by molar-refractivity contribution is -0.137. The number of hydrogen-bond acceptors (Lipinski definition) is 2. The molecule has 0 radical (unpaired) electrons. The molecule has 1 aliphatic heterocycles. The first-order valence-corrected chi connectivity index (χ1v) is 9.59. The molecular weight excluding hydrogens is 398 g/mol. The van der Waals surface area contributed by atoms with Crippen LogP contribution in [-0.2, 0) is 6.18 Å². The molecule has 8 heteroatoms. The van der Waals surface area contributed by atoms with E-state index in [0.717, 1.165) is 36.2 Å². The standard InChI is InChI=1S/C22H19F4N3O/c23-18-9-5-14(6-10-18)19-12-20(28-27-19)16-2-1-11-29(13-16)21(30)15-3-7-17(8-4-15)22(24,25)26/h3-10,12,16H,1-2,11,13H2,(H,27,28)/t16-/m0/s1. The zero-order valence-corrected chi connectivity index (χ0v) is 15.9. The third kappa shape index (κ3) is 4.22. The Morgan fingerprint density at radius 3 is 2.43 bits per heavy atom. The SMILES string of the molecule is O=C(c1ccc(C(F)(F)F)cc1)N1CCC[C@H](c2cc(-c3ccc(F)cc3)n[nH]2)C1. The van der Waals surface area contributed by atoms with Crippen molar-refractivity contribution >= 4 is 5.91 Å². The Balaban J connectivity index is 1.47. The predicted molar refractivity (Wildman–Crippen MR) is 103 cm³/mol. The van der Waals surface area contributed by atoms with Crippen LogP contribution in [0.4, 0.5) is 17.6 Å². The molecule has 0 aliphatic carbocycles. The molecule has 1 atom stereocenters. The molecule has 1 N–H and O–H groups in total. The monoisotopic (exact) mass is 417 g/mol. The van der Waals surface area contributed by atoms with Crippen molar-refractivity contribution in [2.24, 2.45) is 0 Å². The number of halogens is 4. The number of aromatic amines is 1. The molecule has 0 unspecified atom stereocenters. The number of likely N-dealkylation sites (tertiary alicyclic amines) is 1. The number of aromatic nitrogens is 2. The number of carbonyl (C=O) groups excluding carboxylic acids is 1. The van der Waals surface area contributed by atoms with Gasteiger partial charge in [0.15, 0.2) is 0 Å². The predicted octanol–water partition coefficient (Wildman–Crippen LogP) is 5.25. The molecule has 0 saturated carbocycles. The number of alkyl halides is 3. The maximum Gasteiger partial charge on any atom is 0.416 e. The van der Waals surface area contributed by atoms with Crippen LogP contribution < -0.4 is 0 Å². The molecule has 0 bridgehead atoms. The third-order valence-corrected chi connectivity index (χ3v) is 5.35. The number of benzene rings is 2. The lowest BCUT2D eigenvalue weighted by Gasteiger charge is -2.32. The second kappa shape index (κ2) is 7.93. The van der Waals surface area contributed by atoms with E-state index >= 15 is 0 Å². The van der Waals surface area contributed by atoms with Gasteiger partial charge in [-0.25, -0.2) is 4.39 Å². The van der Waals surface area contributed by atoms with Gasteiger partial charge in [0.2, 0.25) is 0 Å². The first kappa shape index (κ1) is 20.1. The second-order valence-electron chi connectivity index (χ2n) is 7.38. The molecular formula is C22H19F4N3O. The van der Waals surface area contributed by atoms with Crippen LogP contribution in [0.1, 0.15) is 40.4 Å². The quantitative estimate of drug-likeness (QED) is 0.592. The highest BCUT2D eigenvalue weighted by Crippen LogP contribution is 2.31. The molecule has 30 heavy (non-hydrogen) atoms. The number of nitrogens with one attached hydrogen (secondary N) is 1. The molecule has 3 aromatic rings. The van der Waals surface area contributed by atoms with Crippen LogP contribution >= 0.6 is 0 Å². The second-order valence-corrected chi connectivity index (χ2v) is 7.38. The summed E-state index contributed by atoms with van der Waals surface area (Å²) in [6.45, 7) is 1.00. The van der Waals surface area contributed by atoms with E-state index in [-0.39, 0.29) is 23.2 Å². The van der Waals surface area contributed by atoms with Crippen molar-refractivity contribution in [1.29, 1.82) is 0 Å². The Labute approximate surface area is 170 Å². The molecule has 2 aromatic carbocycles. The van der Waals surface area contributed by atoms with Gasteiger partial charge in [-0.3, -0.25) is 9.89 Å². The van der Waals surface area contributed by atoms with Gasteiger partial charge < -0.3 is 4.90 Å². The van der Waals surface area contributed by atoms with Crippen molar-refractivity contribution in [3.63, 3.8) is 0 Å². The highest BCUT2D eigenvalue weighted by Gasteiger charge is 2.31. The molecule has 1 aromatic heterocycles. The van der Waals surface area contributed by atoms with Gasteiger partial charge >= 0.3 is 6.18 Å². The number of carbonyl (C=O) groups is 1. The van der Waals surface area contributed by atoms with Crippen molar-refractivity contribution in [1.82, 2.24) is 15.1 Å². The Bertz CT molecular complexity index is 1030. The van der Waals surface area contributed by atoms with Crippen molar-refractivity contribution in [2.75, 3.05) is 13.1 Å². The zero-order chi connectivity index (χ0) is 21.3. The van der Waals surface area contributed by atoms with Crippen LogP contribution in [0.5, 0.6) is 0 Å². The van der Waals surface area contributed by atoms with Crippen molar-refractivity contribution in [3.05, 3.63) is 77.2 Å². The van der Waals surface area contributed by atoms with Gasteiger partial charge in [0, 0.05) is 35.8 Å². The lowest BCUT2D eigenvalue weighted by Crippen LogP contribution is -2.39. The molecule has 156 valence electrons. The van der Waals surface area contributed by atoms with E-state index in [0.29, 0.717) is 18.8 Å². The molecule has 4 rings (SSSR count). The van der Waals surface area contributed by atoms with Gasteiger partial charge in [-0.1, -0.05) is 0 Å². The fourth-order valence-electron chi connectivity index (χ4n) is 3.71. The molecule has 0 spiro atoms. The van der Waals surface area contributed by atoms with Crippen LogP contribution in [0.25, 0.3) is 11.3 Å². The average molecular weight is 417 g/mol. The van der Waals surface area contributed by atoms with E-state index in [1.807, 2.05) is 6.07 Å². The largest absolute Gasteiger partial charge is 0.416 e. The van der Waals surface area contributed by atoms with E-state index in [2.05, 4.69) is 10.2 Å². The number of amides is 1.